The number of carbonyl (C=O) groups is 4. The predicted molar refractivity (Wildman–Crippen MR) is 140 cm³/mol. The molecule has 0 spiro atoms. The third kappa shape index (κ3) is 6.56. The van der Waals surface area contributed by atoms with E-state index < -0.39 is 42.5 Å². The second kappa shape index (κ2) is 13.0. The fraction of sp³-hybridized carbons (Fsp3) is 0.520. The number of carbonyl (C=O) groups excluding carboxylic acids is 4. The van der Waals surface area contributed by atoms with E-state index in [1.165, 1.54) is 22.9 Å². The first-order chi connectivity index (χ1) is 18.8. The number of hydrogen-bond donors (Lipinski definition) is 4. The topological polar surface area (TPSA) is 158 Å². The zero-order chi connectivity index (χ0) is 27.9. The molecule has 14 heteroatoms. The fourth-order valence-corrected chi connectivity index (χ4v) is 5.68. The van der Waals surface area contributed by atoms with Crippen molar-refractivity contribution in [3.63, 3.8) is 0 Å². The van der Waals surface area contributed by atoms with E-state index in [1.54, 1.807) is 0 Å². The molecule has 1 aromatic carbocycles. The number of ether oxygens (including phenoxy) is 1. The van der Waals surface area contributed by atoms with Gasteiger partial charge in [0.25, 0.3) is 5.91 Å². The van der Waals surface area contributed by atoms with Crippen LogP contribution in [0, 0.1) is 5.92 Å². The molecule has 4 atom stereocenters. The number of rotatable bonds is 12. The molecule has 12 nitrogen and oxygen atoms in total. The zero-order valence-electron chi connectivity index (χ0n) is 21.7. The molecule has 4 amide bonds. The van der Waals surface area contributed by atoms with E-state index in [0.717, 1.165) is 10.5 Å². The summed E-state index contributed by atoms with van der Waals surface area (Å²) in [5, 5.41) is 18.4. The van der Waals surface area contributed by atoms with Gasteiger partial charge in [0.2, 0.25) is 17.7 Å². The molecular weight excluding hydrogens is 529 g/mol. The van der Waals surface area contributed by atoms with Gasteiger partial charge in [-0.1, -0.05) is 32.4 Å². The highest BCUT2D eigenvalue weighted by Crippen LogP contribution is 2.43. The zero-order valence-corrected chi connectivity index (χ0v) is 22.6. The number of benzene rings is 1. The first kappa shape index (κ1) is 28.5. The molecule has 4 N–H and O–H groups in total. The smallest absolute Gasteiger partial charge is 0.251 e. The lowest BCUT2D eigenvalue weighted by Crippen LogP contribution is -2.59. The van der Waals surface area contributed by atoms with Crippen molar-refractivity contribution in [3.8, 4) is 0 Å². The van der Waals surface area contributed by atoms with Gasteiger partial charge in [-0.25, -0.2) is 4.39 Å². The predicted octanol–water partition coefficient (Wildman–Crippen LogP) is 0.486. The number of hydrogen-bond acceptors (Lipinski definition) is 8. The van der Waals surface area contributed by atoms with Gasteiger partial charge in [0.1, 0.15) is 37.1 Å². The number of para-hydroxylation sites is 1. The third-order valence-corrected chi connectivity index (χ3v) is 7.92. The number of thioether (sulfide) groups is 1. The van der Waals surface area contributed by atoms with E-state index in [1.807, 2.05) is 32.0 Å². The summed E-state index contributed by atoms with van der Waals surface area (Å²) in [5.74, 6) is -1.80. The molecule has 2 aliphatic rings. The molecule has 0 bridgehead atoms. The van der Waals surface area contributed by atoms with Gasteiger partial charge in [-0.3, -0.25) is 24.1 Å². The van der Waals surface area contributed by atoms with Crippen LogP contribution in [-0.4, -0.2) is 82.8 Å². The number of H-pyrrole nitrogens is 1. The van der Waals surface area contributed by atoms with Crippen LogP contribution in [0.3, 0.4) is 0 Å². The van der Waals surface area contributed by atoms with E-state index >= 15 is 0 Å². The summed E-state index contributed by atoms with van der Waals surface area (Å²) < 4.78 is 17.2. The van der Waals surface area contributed by atoms with Crippen LogP contribution in [0.4, 0.5) is 10.1 Å². The maximum atomic E-state index is 13.9. The minimum Gasteiger partial charge on any atom is -0.369 e. The summed E-state index contributed by atoms with van der Waals surface area (Å²) in [6.07, 6.45) is 2.43. The van der Waals surface area contributed by atoms with Crippen molar-refractivity contribution in [1.82, 2.24) is 31.4 Å². The number of nitrogens with one attached hydrogen (secondary N) is 4. The fourth-order valence-electron chi connectivity index (χ4n) is 4.57. The van der Waals surface area contributed by atoms with E-state index in [0.29, 0.717) is 24.2 Å². The van der Waals surface area contributed by atoms with E-state index in [2.05, 4.69) is 31.4 Å². The van der Waals surface area contributed by atoms with Crippen LogP contribution in [-0.2, 0) is 36.9 Å². The maximum Gasteiger partial charge on any atom is 0.251 e. The first-order valence-electron chi connectivity index (χ1n) is 12.8. The Morgan fingerprint density at radius 1 is 1.33 bits per heavy atom. The maximum absolute atomic E-state index is 13.9. The molecule has 0 radical (unpaired) electrons. The molecule has 2 aliphatic heterocycles. The lowest BCUT2D eigenvalue weighted by molar-refractivity contribution is -0.134. The van der Waals surface area contributed by atoms with Gasteiger partial charge >= 0.3 is 0 Å². The molecule has 2 aromatic rings. The van der Waals surface area contributed by atoms with Crippen molar-refractivity contribution in [3.05, 3.63) is 35.7 Å². The van der Waals surface area contributed by atoms with E-state index in [4.69, 9.17) is 4.74 Å². The number of alkyl halides is 1. The Morgan fingerprint density at radius 2 is 2.15 bits per heavy atom. The van der Waals surface area contributed by atoms with Crippen molar-refractivity contribution in [2.45, 2.75) is 56.3 Å². The van der Waals surface area contributed by atoms with Crippen molar-refractivity contribution in [2.75, 3.05) is 30.5 Å². The summed E-state index contributed by atoms with van der Waals surface area (Å²) in [6, 6.07) is 3.02. The summed E-state index contributed by atoms with van der Waals surface area (Å²) in [6.45, 7) is 2.54. The molecule has 39 heavy (non-hydrogen) atoms. The average Bonchev–Trinajstić information content (AvgIpc) is 3.57. The molecule has 4 rings (SSSR count). The van der Waals surface area contributed by atoms with Gasteiger partial charge in [0.05, 0.1) is 25.0 Å². The van der Waals surface area contributed by atoms with Crippen LogP contribution < -0.4 is 20.9 Å². The summed E-state index contributed by atoms with van der Waals surface area (Å²) in [7, 11) is 0. The Balaban J connectivity index is 1.50. The SMILES string of the molecule is CC[C@H](C)[C@H](NC(=O)COCCF)C(=O)N[C@H]1CSc2cccc3c2N(C1=O)[C@H](C(=O)NCc1cn[nH]n1)C3. The first-order valence-corrected chi connectivity index (χ1v) is 13.8. The normalized spacial score (nSPS) is 19.6. The minimum atomic E-state index is -0.932. The minimum absolute atomic E-state index is 0.150. The Morgan fingerprint density at radius 3 is 2.87 bits per heavy atom. The van der Waals surface area contributed by atoms with Crippen LogP contribution in [0.15, 0.2) is 29.3 Å². The molecule has 3 heterocycles. The van der Waals surface area contributed by atoms with Gasteiger partial charge in [0.15, 0.2) is 0 Å². The lowest BCUT2D eigenvalue weighted by Gasteiger charge is -2.29. The summed E-state index contributed by atoms with van der Waals surface area (Å²) >= 11 is 1.43. The summed E-state index contributed by atoms with van der Waals surface area (Å²) in [4.78, 5) is 55.1. The third-order valence-electron chi connectivity index (χ3n) is 6.78. The second-order valence-electron chi connectivity index (χ2n) is 9.42. The molecule has 1 aromatic heterocycles. The van der Waals surface area contributed by atoms with Gasteiger partial charge in [-0.05, 0) is 17.5 Å². The Kier molecular flexibility index (Phi) is 9.51. The summed E-state index contributed by atoms with van der Waals surface area (Å²) in [5.41, 5.74) is 2.11. The van der Waals surface area contributed by atoms with Crippen LogP contribution in [0.2, 0.25) is 0 Å². The monoisotopic (exact) mass is 561 g/mol. The molecule has 0 saturated carbocycles. The number of halogens is 1. The quantitative estimate of drug-likeness (QED) is 0.273. The van der Waals surface area contributed by atoms with Crippen molar-refractivity contribution in [1.29, 1.82) is 0 Å². The molecule has 210 valence electrons. The van der Waals surface area contributed by atoms with E-state index in [9.17, 15) is 23.6 Å². The number of nitrogens with zero attached hydrogens (tertiary/aromatic N) is 3. The van der Waals surface area contributed by atoms with Crippen LogP contribution in [0.5, 0.6) is 0 Å². The van der Waals surface area contributed by atoms with Crippen LogP contribution in [0.1, 0.15) is 31.5 Å². The van der Waals surface area contributed by atoms with Gasteiger partial charge in [-0.2, -0.15) is 15.4 Å². The number of aromatic nitrogens is 3. The van der Waals surface area contributed by atoms with Crippen molar-refractivity contribution < 1.29 is 28.3 Å². The average molecular weight is 562 g/mol. The Bertz CT molecular complexity index is 1200. The highest BCUT2D eigenvalue weighted by atomic mass is 32.2. The number of amides is 4. The number of aromatic amines is 1. The van der Waals surface area contributed by atoms with Crippen molar-refractivity contribution >= 4 is 41.1 Å². The molecule has 0 aliphatic carbocycles. The molecule has 0 unspecified atom stereocenters. The van der Waals surface area contributed by atoms with Gasteiger partial charge < -0.3 is 20.7 Å². The lowest BCUT2D eigenvalue weighted by atomic mass is 9.98. The van der Waals surface area contributed by atoms with Crippen LogP contribution >= 0.6 is 11.8 Å². The van der Waals surface area contributed by atoms with Gasteiger partial charge in [-0.15, -0.1) is 11.8 Å². The molecule has 0 fully saturated rings. The van der Waals surface area contributed by atoms with Crippen LogP contribution in [0.25, 0.3) is 0 Å². The number of anilines is 1. The largest absolute Gasteiger partial charge is 0.369 e. The van der Waals surface area contributed by atoms with Crippen molar-refractivity contribution in [2.24, 2.45) is 5.92 Å². The Labute approximate surface area is 229 Å². The van der Waals surface area contributed by atoms with E-state index in [-0.39, 0.29) is 37.3 Å². The molecular formula is C25H32FN7O5S. The van der Waals surface area contributed by atoms with Gasteiger partial charge in [0, 0.05) is 17.1 Å². The molecule has 0 saturated heterocycles. The highest BCUT2D eigenvalue weighted by molar-refractivity contribution is 7.99. The second-order valence-corrected chi connectivity index (χ2v) is 10.5. The Hall–Kier alpha value is -3.52. The standard InChI is InChI=1S/C25H32FN7O5S/c1-3-14(2)21(30-20(34)12-38-8-7-26)24(36)29-17-13-39-19-6-4-5-15-9-18(33(22(15)19)25(17)37)23(35)27-10-16-11-28-32-31-16/h4-6,11,14,17-18,21H,3,7-10,12-13H2,1-2H3,(H,27,35)(H,29,36)(H,30,34)(H,28,31,32)/t14-,17-,18-,21-/m0/s1. The highest BCUT2D eigenvalue weighted by Gasteiger charge is 2.44.